The molecule has 3 heterocycles. The molecule has 0 aromatic carbocycles. The second-order valence-electron chi connectivity index (χ2n) is 6.96. The van der Waals surface area contributed by atoms with Crippen LogP contribution in [0.1, 0.15) is 30.8 Å². The van der Waals surface area contributed by atoms with Gasteiger partial charge in [-0.15, -0.1) is 5.10 Å². The normalized spacial score (nSPS) is 19.8. The Balaban J connectivity index is 1.64. The minimum absolute atomic E-state index is 0.0261. The van der Waals surface area contributed by atoms with Crippen molar-refractivity contribution in [2.75, 3.05) is 26.0 Å². The second kappa shape index (κ2) is 8.44. The summed E-state index contributed by atoms with van der Waals surface area (Å²) >= 11 is 1.43. The summed E-state index contributed by atoms with van der Waals surface area (Å²) in [4.78, 5) is 35.1. The number of fused-ring (bicyclic) bond motifs is 1. The molecule has 0 unspecified atom stereocenters. The van der Waals surface area contributed by atoms with E-state index in [2.05, 4.69) is 15.1 Å². The average molecular weight is 407 g/mol. The summed E-state index contributed by atoms with van der Waals surface area (Å²) in [6.07, 6.45) is 1.86. The van der Waals surface area contributed by atoms with Crippen LogP contribution in [0.15, 0.2) is 5.16 Å². The molecule has 1 amide bonds. The van der Waals surface area contributed by atoms with Crippen molar-refractivity contribution in [1.29, 1.82) is 0 Å². The zero-order valence-electron chi connectivity index (χ0n) is 16.8. The highest BCUT2D eigenvalue weighted by molar-refractivity contribution is 7.98. The fourth-order valence-electron chi connectivity index (χ4n) is 3.34. The Morgan fingerprint density at radius 1 is 1.21 bits per heavy atom. The predicted octanol–water partition coefficient (Wildman–Crippen LogP) is 1.18. The number of carbonyl (C=O) groups is 2. The zero-order valence-corrected chi connectivity index (χ0v) is 17.6. The summed E-state index contributed by atoms with van der Waals surface area (Å²) < 4.78 is 12.5. The molecule has 1 aliphatic rings. The van der Waals surface area contributed by atoms with E-state index in [9.17, 15) is 9.59 Å². The smallest absolute Gasteiger partial charge is 0.310 e. The van der Waals surface area contributed by atoms with Gasteiger partial charge in [0.25, 0.3) is 11.7 Å². The van der Waals surface area contributed by atoms with Crippen LogP contribution in [0.4, 0.5) is 0 Å². The molecule has 2 aromatic rings. The number of rotatable bonds is 5. The number of carbonyl (C=O) groups excluding carboxylic acids is 2. The van der Waals surface area contributed by atoms with Crippen LogP contribution in [0.5, 0.6) is 0 Å². The molecule has 1 saturated heterocycles. The number of nitrogens with zero attached hydrogens (tertiary/aromatic N) is 5. The van der Waals surface area contributed by atoms with Gasteiger partial charge in [0.05, 0.1) is 18.6 Å². The lowest BCUT2D eigenvalue weighted by Crippen LogP contribution is -2.49. The van der Waals surface area contributed by atoms with Gasteiger partial charge in [0.2, 0.25) is 5.16 Å². The van der Waals surface area contributed by atoms with Gasteiger partial charge in [-0.25, -0.2) is 9.50 Å². The van der Waals surface area contributed by atoms with E-state index in [0.717, 1.165) is 11.3 Å². The number of morpholine rings is 1. The number of esters is 1. The molecular formula is C18H25N5O4S. The van der Waals surface area contributed by atoms with Crippen molar-refractivity contribution < 1.29 is 19.1 Å². The lowest BCUT2D eigenvalue weighted by atomic mass is 10.1. The Bertz CT molecular complexity index is 890. The van der Waals surface area contributed by atoms with Crippen LogP contribution in [0.25, 0.3) is 5.78 Å². The number of aromatic nitrogens is 4. The Kier molecular flexibility index (Phi) is 6.19. The lowest BCUT2D eigenvalue weighted by Gasteiger charge is -2.35. The number of thioether (sulfide) groups is 1. The van der Waals surface area contributed by atoms with Crippen LogP contribution in [0.2, 0.25) is 0 Å². The molecule has 152 valence electrons. The maximum atomic E-state index is 12.3. The Hall–Kier alpha value is -2.20. The van der Waals surface area contributed by atoms with E-state index in [0.29, 0.717) is 29.7 Å². The molecular weight excluding hydrogens is 382 g/mol. The van der Waals surface area contributed by atoms with Crippen molar-refractivity contribution in [1.82, 2.24) is 24.5 Å². The SMILES string of the molecule is CSc1nc2nc(C)c(CC(=O)OCC(=O)N3C[C@@H](C)O[C@H](C)C3)c(C)n2n1. The van der Waals surface area contributed by atoms with Gasteiger partial charge in [0.1, 0.15) is 0 Å². The topological polar surface area (TPSA) is 98.9 Å². The minimum Gasteiger partial charge on any atom is -0.455 e. The average Bonchev–Trinajstić information content (AvgIpc) is 3.05. The Morgan fingerprint density at radius 3 is 2.54 bits per heavy atom. The van der Waals surface area contributed by atoms with Crippen molar-refractivity contribution >= 4 is 29.4 Å². The Labute approximate surface area is 167 Å². The highest BCUT2D eigenvalue weighted by Gasteiger charge is 2.26. The number of ether oxygens (including phenoxy) is 2. The van der Waals surface area contributed by atoms with E-state index in [4.69, 9.17) is 9.47 Å². The van der Waals surface area contributed by atoms with Gasteiger partial charge in [-0.2, -0.15) is 4.98 Å². The summed E-state index contributed by atoms with van der Waals surface area (Å²) in [5.74, 6) is -0.180. The summed E-state index contributed by atoms with van der Waals surface area (Å²) in [5.41, 5.74) is 2.22. The van der Waals surface area contributed by atoms with Gasteiger partial charge in [-0.05, 0) is 34.0 Å². The van der Waals surface area contributed by atoms with Gasteiger partial charge in [-0.1, -0.05) is 11.8 Å². The highest BCUT2D eigenvalue weighted by atomic mass is 32.2. The zero-order chi connectivity index (χ0) is 20.4. The van der Waals surface area contributed by atoms with Gasteiger partial charge < -0.3 is 14.4 Å². The molecule has 0 N–H and O–H groups in total. The van der Waals surface area contributed by atoms with Gasteiger partial charge >= 0.3 is 5.97 Å². The van der Waals surface area contributed by atoms with Crippen LogP contribution in [0.3, 0.4) is 0 Å². The third kappa shape index (κ3) is 4.44. The van der Waals surface area contributed by atoms with E-state index < -0.39 is 5.97 Å². The fourth-order valence-corrected chi connectivity index (χ4v) is 3.68. The molecule has 28 heavy (non-hydrogen) atoms. The molecule has 9 nitrogen and oxygen atoms in total. The molecule has 3 rings (SSSR count). The summed E-state index contributed by atoms with van der Waals surface area (Å²) in [6, 6.07) is 0. The van der Waals surface area contributed by atoms with E-state index >= 15 is 0 Å². The van der Waals surface area contributed by atoms with Crippen molar-refractivity contribution in [3.63, 3.8) is 0 Å². The maximum Gasteiger partial charge on any atom is 0.310 e. The minimum atomic E-state index is -0.472. The molecule has 1 fully saturated rings. The maximum absolute atomic E-state index is 12.3. The fraction of sp³-hybridized carbons (Fsp3) is 0.611. The van der Waals surface area contributed by atoms with Crippen LogP contribution in [-0.2, 0) is 25.5 Å². The second-order valence-corrected chi connectivity index (χ2v) is 7.74. The predicted molar refractivity (Wildman–Crippen MR) is 103 cm³/mol. The van der Waals surface area contributed by atoms with E-state index in [-0.39, 0.29) is 31.1 Å². The van der Waals surface area contributed by atoms with Crippen molar-refractivity contribution in [2.45, 2.75) is 51.5 Å². The Morgan fingerprint density at radius 2 is 1.89 bits per heavy atom. The number of hydrogen-bond donors (Lipinski definition) is 0. The number of amides is 1. The van der Waals surface area contributed by atoms with Crippen molar-refractivity contribution in [3.8, 4) is 0 Å². The van der Waals surface area contributed by atoms with E-state index in [1.54, 1.807) is 9.42 Å². The number of hydrogen-bond acceptors (Lipinski definition) is 8. The molecule has 2 aromatic heterocycles. The monoisotopic (exact) mass is 407 g/mol. The third-order valence-corrected chi connectivity index (χ3v) is 5.20. The van der Waals surface area contributed by atoms with Gasteiger partial charge in [0, 0.05) is 30.0 Å². The molecule has 0 saturated carbocycles. The van der Waals surface area contributed by atoms with Crippen LogP contribution >= 0.6 is 11.8 Å². The summed E-state index contributed by atoms with van der Waals surface area (Å²) in [7, 11) is 0. The highest BCUT2D eigenvalue weighted by Crippen LogP contribution is 2.17. The molecule has 0 radical (unpaired) electrons. The van der Waals surface area contributed by atoms with E-state index in [1.165, 1.54) is 11.8 Å². The largest absolute Gasteiger partial charge is 0.455 e. The molecule has 2 atom stereocenters. The molecule has 0 aliphatic carbocycles. The van der Waals surface area contributed by atoms with Gasteiger partial charge in [-0.3, -0.25) is 9.59 Å². The number of aryl methyl sites for hydroxylation is 2. The van der Waals surface area contributed by atoms with Gasteiger partial charge in [0.15, 0.2) is 6.61 Å². The lowest BCUT2D eigenvalue weighted by molar-refractivity contribution is -0.156. The quantitative estimate of drug-likeness (QED) is 0.538. The van der Waals surface area contributed by atoms with Crippen LogP contribution < -0.4 is 0 Å². The first-order valence-corrected chi connectivity index (χ1v) is 10.4. The van der Waals surface area contributed by atoms with Crippen LogP contribution in [0, 0.1) is 13.8 Å². The van der Waals surface area contributed by atoms with E-state index in [1.807, 2.05) is 34.0 Å². The first-order chi connectivity index (χ1) is 13.3. The first-order valence-electron chi connectivity index (χ1n) is 9.14. The standard InChI is InChI=1S/C18H25N5O4S/c1-10-7-22(8-11(2)27-10)15(24)9-26-16(25)6-14-12(3)19-17-20-18(28-5)21-23(17)13(14)4/h10-11H,6-9H2,1-5H3/t10-,11-/m1/s1. The summed E-state index contributed by atoms with van der Waals surface area (Å²) in [6.45, 7) is 8.27. The van der Waals surface area contributed by atoms with Crippen molar-refractivity contribution in [3.05, 3.63) is 17.0 Å². The third-order valence-electron chi connectivity index (χ3n) is 4.66. The molecule has 10 heteroatoms. The summed E-state index contributed by atoms with van der Waals surface area (Å²) in [5, 5.41) is 4.99. The molecule has 0 spiro atoms. The first kappa shape index (κ1) is 20.5. The van der Waals surface area contributed by atoms with Crippen molar-refractivity contribution in [2.24, 2.45) is 0 Å². The molecule has 0 bridgehead atoms. The van der Waals surface area contributed by atoms with Crippen LogP contribution in [-0.4, -0.2) is 74.5 Å². The molecule has 1 aliphatic heterocycles.